The van der Waals surface area contributed by atoms with Crippen molar-refractivity contribution in [2.45, 2.75) is 70.1 Å². The van der Waals surface area contributed by atoms with Gasteiger partial charge in [-0.05, 0) is 172 Å². The Bertz CT molecular complexity index is 5380. The number of aryl methyl sites for hydroxylation is 2. The summed E-state index contributed by atoms with van der Waals surface area (Å²) in [6.07, 6.45) is 6.22. The summed E-state index contributed by atoms with van der Waals surface area (Å²) < 4.78 is 183. The Hall–Kier alpha value is -10.5. The third-order valence-corrected chi connectivity index (χ3v) is 20.0. The fraction of sp³-hybridized carbons (Fsp3) is 0.127. The van der Waals surface area contributed by atoms with E-state index in [0.717, 1.165) is 97.4 Å². The number of halogens is 9. The molecule has 510 valence electrons. The van der Waals surface area contributed by atoms with Crippen LogP contribution in [0.25, 0.3) is 90.8 Å². The number of carbonyl (C=O) groups is 1. The first kappa shape index (κ1) is 71.3. The zero-order valence-electron chi connectivity index (χ0n) is 51.7. The first-order chi connectivity index (χ1) is 46.7. The number of fused-ring (bicyclic) bond motifs is 3. The smallest absolute Gasteiger partial charge is 0.389 e. The van der Waals surface area contributed by atoms with Crippen molar-refractivity contribution in [2.24, 2.45) is 5.73 Å². The molecule has 0 saturated heterocycles. The van der Waals surface area contributed by atoms with E-state index in [1.54, 1.807) is 68.5 Å². The summed E-state index contributed by atoms with van der Waals surface area (Å²) in [5, 5.41) is 20.1. The molecule has 12 aromatic rings. The summed E-state index contributed by atoms with van der Waals surface area (Å²) in [7, 11) is -16.1. The number of nitrogens with two attached hydrogens (primary N) is 1. The number of aromatic amines is 3. The summed E-state index contributed by atoms with van der Waals surface area (Å²) in [4.78, 5) is 32.3. The normalized spacial score (nSPS) is 13.1. The molecule has 0 aliphatic rings. The number of aliphatic hydroxyl groups excluding tert-OH is 2. The van der Waals surface area contributed by atoms with Gasteiger partial charge in [0.25, 0.3) is 29.5 Å². The van der Waals surface area contributed by atoms with Crippen LogP contribution in [0.3, 0.4) is 0 Å². The van der Waals surface area contributed by atoms with Crippen LogP contribution in [0.1, 0.15) is 81.7 Å². The lowest BCUT2D eigenvalue weighted by Crippen LogP contribution is -2.23. The molecule has 3 heterocycles. The molecule has 0 bridgehead atoms. The molecule has 0 aliphatic carbocycles. The van der Waals surface area contributed by atoms with Gasteiger partial charge in [0.05, 0.1) is 60.0 Å². The van der Waals surface area contributed by atoms with E-state index >= 15 is 0 Å². The van der Waals surface area contributed by atoms with E-state index < -0.39 is 78.8 Å². The standard InChI is InChI=1S/C24H21F3N2O3S.C24H19F3N2O3S.C23H16F3N3O3S/c2*1-15(30)19-4-2-3-5-20(19)17-9-12-21-22(14-17)29-23(28-21)13-8-16-6-10-18(11-7-16)33(31,32)24(25,26)27;24-23(25,26)33(31,32)16-9-5-14(6-10-16)7-12-21-28-19-11-8-15(13-20(19)29-21)17-3-1-2-4-18(17)22(27)30/h2-7,9-12,14-15,30H,8,13H2,1H3,(H,28,29);2-15,30H,1H3,(H,28,29);1-13H,(H2,27,30)(H,28,29)/b;13-8+;12-7+. The number of alkyl halides is 9. The van der Waals surface area contributed by atoms with Crippen molar-refractivity contribution in [3.63, 3.8) is 0 Å². The average Bonchev–Trinajstić information content (AvgIpc) is 1.23. The number of imidazole rings is 3. The molecule has 0 radical (unpaired) electrons. The molecule has 7 N–H and O–H groups in total. The van der Waals surface area contributed by atoms with Crippen molar-refractivity contribution < 1.29 is 79.8 Å². The third-order valence-electron chi connectivity index (χ3n) is 15.5. The number of aromatic nitrogens is 6. The molecule has 3 aromatic heterocycles. The summed E-state index contributed by atoms with van der Waals surface area (Å²) in [6.45, 7) is 3.43. The van der Waals surface area contributed by atoms with Crippen molar-refractivity contribution in [1.82, 2.24) is 29.9 Å². The van der Waals surface area contributed by atoms with Crippen molar-refractivity contribution >= 4 is 92.8 Å². The number of H-pyrrole nitrogens is 3. The fourth-order valence-corrected chi connectivity index (χ4v) is 12.7. The molecule has 0 saturated carbocycles. The third kappa shape index (κ3) is 16.1. The number of benzene rings is 9. The number of aliphatic hydroxyl groups is 2. The monoisotopic (exact) mass is 1420 g/mol. The SMILES string of the molecule is CC(O)c1ccccc1-c1ccc2nc(/C=C/c3ccc(S(=O)(=O)C(F)(F)F)cc3)[nH]c2c1.CC(O)c1ccccc1-c1ccc2nc(CCc3ccc(S(=O)(=O)C(F)(F)F)cc3)[nH]c2c1.NC(=O)c1ccccc1-c1ccc2nc(/C=C/c3ccc(S(=O)(=O)C(F)(F)F)cc3)[nH]c2c1. The quantitative estimate of drug-likeness (QED) is 0.0493. The minimum Gasteiger partial charge on any atom is -0.389 e. The highest BCUT2D eigenvalue weighted by molar-refractivity contribution is 7.92. The second-order valence-electron chi connectivity index (χ2n) is 22.4. The van der Waals surface area contributed by atoms with Crippen LogP contribution < -0.4 is 5.73 Å². The highest BCUT2D eigenvalue weighted by atomic mass is 32.2. The van der Waals surface area contributed by atoms with Crippen molar-refractivity contribution in [2.75, 3.05) is 0 Å². The zero-order valence-corrected chi connectivity index (χ0v) is 54.2. The van der Waals surface area contributed by atoms with Crippen LogP contribution in [0.4, 0.5) is 39.5 Å². The fourth-order valence-electron chi connectivity index (χ4n) is 10.5. The zero-order chi connectivity index (χ0) is 71.4. The highest BCUT2D eigenvalue weighted by Crippen LogP contribution is 2.36. The van der Waals surface area contributed by atoms with Gasteiger partial charge in [-0.25, -0.2) is 40.2 Å². The number of rotatable bonds is 16. The van der Waals surface area contributed by atoms with E-state index in [-0.39, 0.29) is 0 Å². The largest absolute Gasteiger partial charge is 0.501 e. The molecule has 9 aromatic carbocycles. The van der Waals surface area contributed by atoms with Crippen LogP contribution in [-0.2, 0) is 42.4 Å². The molecule has 28 heteroatoms. The number of sulfone groups is 3. The molecule has 0 aliphatic heterocycles. The van der Waals surface area contributed by atoms with E-state index in [1.807, 2.05) is 97.1 Å². The number of primary amides is 1. The Labute approximate surface area is 559 Å². The Morgan fingerprint density at radius 3 is 1.16 bits per heavy atom. The van der Waals surface area contributed by atoms with Crippen molar-refractivity contribution in [3.8, 4) is 33.4 Å². The number of amides is 1. The van der Waals surface area contributed by atoms with Crippen molar-refractivity contribution in [1.29, 1.82) is 0 Å². The lowest BCUT2D eigenvalue weighted by atomic mass is 9.96. The topological polar surface area (TPSA) is 272 Å². The van der Waals surface area contributed by atoms with Crippen LogP contribution in [0.2, 0.25) is 0 Å². The summed E-state index contributed by atoms with van der Waals surface area (Å²) in [5.41, 5.74) is 2.83. The minimum atomic E-state index is -5.38. The second kappa shape index (κ2) is 28.5. The Kier molecular flexibility index (Phi) is 20.5. The lowest BCUT2D eigenvalue weighted by Gasteiger charge is -2.11. The maximum Gasteiger partial charge on any atom is 0.501 e. The van der Waals surface area contributed by atoms with Gasteiger partial charge in [-0.15, -0.1) is 0 Å². The van der Waals surface area contributed by atoms with Gasteiger partial charge >= 0.3 is 16.5 Å². The predicted octanol–water partition coefficient (Wildman–Crippen LogP) is 15.9. The second-order valence-corrected chi connectivity index (χ2v) is 28.2. The van der Waals surface area contributed by atoms with Gasteiger partial charge in [-0.3, -0.25) is 4.79 Å². The van der Waals surface area contributed by atoms with Gasteiger partial charge in [0.1, 0.15) is 17.5 Å². The Morgan fingerprint density at radius 1 is 0.434 bits per heavy atom. The van der Waals surface area contributed by atoms with Gasteiger partial charge < -0.3 is 30.9 Å². The van der Waals surface area contributed by atoms with Crippen LogP contribution in [0, 0.1) is 0 Å². The molecule has 2 unspecified atom stereocenters. The molecule has 16 nitrogen and oxygen atoms in total. The van der Waals surface area contributed by atoms with Crippen molar-refractivity contribution in [3.05, 3.63) is 251 Å². The van der Waals surface area contributed by atoms with Crippen LogP contribution >= 0.6 is 0 Å². The van der Waals surface area contributed by atoms with Gasteiger partial charge in [0.2, 0.25) is 5.91 Å². The summed E-state index contributed by atoms with van der Waals surface area (Å²) >= 11 is 0. The van der Waals surface area contributed by atoms with Crippen LogP contribution in [0.15, 0.2) is 215 Å². The van der Waals surface area contributed by atoms with Crippen LogP contribution in [-0.4, -0.2) is 87.8 Å². The number of nitrogens with zero attached hydrogens (tertiary/aromatic N) is 3. The van der Waals surface area contributed by atoms with E-state index in [1.165, 1.54) is 36.4 Å². The van der Waals surface area contributed by atoms with Gasteiger partial charge in [-0.2, -0.15) is 39.5 Å². The molecule has 99 heavy (non-hydrogen) atoms. The molecular formula is C71H56F9N7O9S3. The van der Waals surface area contributed by atoms with Gasteiger partial charge in [0, 0.05) is 12.0 Å². The van der Waals surface area contributed by atoms with E-state index in [9.17, 15) is 79.8 Å². The molecule has 12 rings (SSSR count). The first-order valence-electron chi connectivity index (χ1n) is 29.7. The predicted molar refractivity (Wildman–Crippen MR) is 359 cm³/mol. The Balaban J connectivity index is 0.000000161. The number of carbonyl (C=O) groups excluding carboxylic acids is 1. The maximum atomic E-state index is 12.7. The molecule has 1 amide bonds. The highest BCUT2D eigenvalue weighted by Gasteiger charge is 2.48. The van der Waals surface area contributed by atoms with Gasteiger partial charge in [0.15, 0.2) is 0 Å². The molecular weight excluding hydrogens is 1360 g/mol. The Morgan fingerprint density at radius 2 is 0.778 bits per heavy atom. The molecule has 0 fully saturated rings. The summed E-state index contributed by atoms with van der Waals surface area (Å²) in [6, 6.07) is 52.6. The van der Waals surface area contributed by atoms with Crippen LogP contribution in [0.5, 0.6) is 0 Å². The van der Waals surface area contributed by atoms with E-state index in [0.29, 0.717) is 69.2 Å². The lowest BCUT2D eigenvalue weighted by molar-refractivity contribution is -0.0442. The number of nitrogens with one attached hydrogen (secondary N) is 3. The minimum absolute atomic E-state index is 0.396. The molecule has 2 atom stereocenters. The number of hydrogen-bond acceptors (Lipinski definition) is 12. The first-order valence-corrected chi connectivity index (χ1v) is 34.1. The van der Waals surface area contributed by atoms with E-state index in [4.69, 9.17) is 5.73 Å². The maximum absolute atomic E-state index is 12.7. The molecule has 0 spiro atoms. The van der Waals surface area contributed by atoms with E-state index in [2.05, 4.69) is 29.9 Å². The van der Waals surface area contributed by atoms with Gasteiger partial charge in [-0.1, -0.05) is 133 Å². The summed E-state index contributed by atoms with van der Waals surface area (Å²) in [5.74, 6) is 1.18. The average molecular weight is 1420 g/mol. The number of hydrogen-bond donors (Lipinski definition) is 6.